The molecule has 176 valence electrons. The van der Waals surface area contributed by atoms with Gasteiger partial charge in [0.2, 0.25) is 0 Å². The van der Waals surface area contributed by atoms with Crippen LogP contribution in [0.1, 0.15) is 47.3 Å². The molecule has 6 rings (SSSR count). The van der Waals surface area contributed by atoms with Gasteiger partial charge in [-0.15, -0.1) is 0 Å². The predicted molar refractivity (Wildman–Crippen MR) is 153 cm³/mol. The second kappa shape index (κ2) is 8.51. The van der Waals surface area contributed by atoms with Gasteiger partial charge in [0.1, 0.15) is 5.75 Å². The van der Waals surface area contributed by atoms with E-state index in [-0.39, 0.29) is 13.0 Å². The molecule has 1 nitrogen and oxygen atoms in total. The maximum absolute atomic E-state index is 5.52. The Morgan fingerprint density at radius 3 is 1.97 bits per heavy atom. The Labute approximate surface area is 211 Å². The van der Waals surface area contributed by atoms with E-state index in [0.717, 1.165) is 5.75 Å². The smallest absolute Gasteiger partial charge is 0.118 e. The molecule has 2 bridgehead atoms. The Kier molecular flexibility index (Phi) is 5.56. The maximum atomic E-state index is 5.52. The number of fused-ring (bicyclic) bond motifs is 4. The number of hydrogen-bond donors (Lipinski definition) is 0. The van der Waals surface area contributed by atoms with Gasteiger partial charge in [-0.3, -0.25) is 0 Å². The van der Waals surface area contributed by atoms with Gasteiger partial charge in [0, 0.05) is 16.6 Å². The fraction of sp³-hybridized carbons (Fsp3) is 0.250. The molecule has 35 heavy (non-hydrogen) atoms. The lowest BCUT2D eigenvalue weighted by molar-refractivity contribution is 0.401. The quantitative estimate of drug-likeness (QED) is 0.257. The first-order valence-electron chi connectivity index (χ1n) is 12.4. The van der Waals surface area contributed by atoms with Crippen molar-refractivity contribution in [3.05, 3.63) is 118 Å². The van der Waals surface area contributed by atoms with Gasteiger partial charge >= 0.3 is 0 Å². The average Bonchev–Trinajstić information content (AvgIpc) is 3.28. The van der Waals surface area contributed by atoms with Gasteiger partial charge in [0.25, 0.3) is 0 Å². The Balaban J connectivity index is 1.68. The van der Waals surface area contributed by atoms with Crippen LogP contribution in [0.25, 0.3) is 16.2 Å². The number of methoxy groups -OCH3 is 1. The van der Waals surface area contributed by atoms with Crippen molar-refractivity contribution in [2.45, 2.75) is 33.6 Å². The fourth-order valence-corrected chi connectivity index (χ4v) is 17.6. The monoisotopic (exact) mass is 494 g/mol. The average molecular weight is 495 g/mol. The lowest BCUT2D eigenvalue weighted by Crippen LogP contribution is -2.30. The minimum atomic E-state index is -0.421. The van der Waals surface area contributed by atoms with Crippen molar-refractivity contribution >= 4 is 20.1 Å². The Morgan fingerprint density at radius 2 is 1.37 bits per heavy atom. The normalized spacial score (nSPS) is 23.4. The summed E-state index contributed by atoms with van der Waals surface area (Å²) in [5, 5.41) is 5.02. The summed E-state index contributed by atoms with van der Waals surface area (Å²) in [4.78, 5) is 0. The first kappa shape index (κ1) is 22.8. The summed E-state index contributed by atoms with van der Waals surface area (Å²) in [6, 6.07) is 31.4. The van der Waals surface area contributed by atoms with Crippen molar-refractivity contribution in [2.75, 3.05) is 13.3 Å². The molecular formula is C32H32OP2. The molecule has 1 aromatic heterocycles. The highest BCUT2D eigenvalue weighted by Gasteiger charge is 2.54. The van der Waals surface area contributed by atoms with Crippen molar-refractivity contribution < 1.29 is 4.74 Å². The molecule has 4 aromatic rings. The summed E-state index contributed by atoms with van der Waals surface area (Å²) < 4.78 is 5.52. The second-order valence-electron chi connectivity index (χ2n) is 10.2. The van der Waals surface area contributed by atoms with Crippen LogP contribution in [-0.2, 0) is 0 Å². The van der Waals surface area contributed by atoms with Gasteiger partial charge in [-0.25, -0.2) is 0 Å². The van der Waals surface area contributed by atoms with Crippen molar-refractivity contribution in [1.82, 2.24) is 0 Å². The fourth-order valence-electron chi connectivity index (χ4n) is 6.37. The Morgan fingerprint density at radius 1 is 0.771 bits per heavy atom. The van der Waals surface area contributed by atoms with Crippen LogP contribution in [0, 0.1) is 19.3 Å². The predicted octanol–water partition coefficient (Wildman–Crippen LogP) is 9.81. The maximum Gasteiger partial charge on any atom is 0.118 e. The lowest BCUT2D eigenvalue weighted by Gasteiger charge is -2.42. The molecule has 3 aromatic carbocycles. The standard InChI is InChI=1S/C32H32OP2/c1-21-22(2)30-28(24-16-18-27(33-5)19-17-24)32(4)20-34(31(23(32)3)26-14-10-7-11-15-26)35(30)29(21)25-12-8-6-9-13-25/h6-19,28H,20H2,1-5H3. The van der Waals surface area contributed by atoms with Crippen molar-refractivity contribution in [2.24, 2.45) is 5.41 Å². The van der Waals surface area contributed by atoms with Crippen LogP contribution in [0.2, 0.25) is 0 Å². The molecule has 4 unspecified atom stereocenters. The van der Waals surface area contributed by atoms with Crippen LogP contribution in [0.15, 0.2) is 90.5 Å². The van der Waals surface area contributed by atoms with Gasteiger partial charge in [0.15, 0.2) is 0 Å². The number of benzene rings is 3. The highest BCUT2D eigenvalue weighted by atomic mass is 32.1. The van der Waals surface area contributed by atoms with E-state index in [2.05, 4.69) is 113 Å². The second-order valence-corrected chi connectivity index (χ2v) is 15.9. The van der Waals surface area contributed by atoms with Crippen molar-refractivity contribution in [3.63, 3.8) is 0 Å². The van der Waals surface area contributed by atoms with E-state index in [9.17, 15) is 0 Å². The molecule has 0 N–H and O–H groups in total. The van der Waals surface area contributed by atoms with E-state index >= 15 is 0 Å². The van der Waals surface area contributed by atoms with Gasteiger partial charge < -0.3 is 4.74 Å². The summed E-state index contributed by atoms with van der Waals surface area (Å²) in [5.74, 6) is 1.33. The zero-order chi connectivity index (χ0) is 24.3. The minimum absolute atomic E-state index is 0.132. The van der Waals surface area contributed by atoms with Gasteiger partial charge in [-0.2, -0.15) is 0 Å². The lowest BCUT2D eigenvalue weighted by atomic mass is 9.68. The summed E-state index contributed by atoms with van der Waals surface area (Å²) in [6.45, 7) is 9.76. The van der Waals surface area contributed by atoms with E-state index in [1.165, 1.54) is 34.0 Å². The van der Waals surface area contributed by atoms with E-state index in [4.69, 9.17) is 4.74 Å². The number of hydrogen-bond acceptors (Lipinski definition) is 1. The highest BCUT2D eigenvalue weighted by Crippen LogP contribution is 2.88. The van der Waals surface area contributed by atoms with Crippen LogP contribution in [0.5, 0.6) is 5.75 Å². The molecule has 0 saturated heterocycles. The SMILES string of the molecule is COc1ccc(C2c3c(C)c(C)c(-c4ccccc4)p3P3CC2(C)C(C)=C3c2ccccc2)cc1. The van der Waals surface area contributed by atoms with E-state index in [0.29, 0.717) is 5.92 Å². The topological polar surface area (TPSA) is 9.23 Å². The van der Waals surface area contributed by atoms with Gasteiger partial charge in [-0.1, -0.05) is 92.5 Å². The van der Waals surface area contributed by atoms with Crippen LogP contribution >= 0.6 is 14.8 Å². The largest absolute Gasteiger partial charge is 0.497 e. The van der Waals surface area contributed by atoms with Crippen LogP contribution < -0.4 is 4.74 Å². The Hall–Kier alpha value is -2.59. The van der Waals surface area contributed by atoms with Crippen LogP contribution in [-0.4, -0.2) is 13.3 Å². The van der Waals surface area contributed by atoms with E-state index < -0.39 is 7.22 Å². The minimum Gasteiger partial charge on any atom is -0.497 e. The molecule has 3 heterocycles. The zero-order valence-electron chi connectivity index (χ0n) is 21.2. The first-order valence-corrected chi connectivity index (χ1v) is 16.0. The molecule has 0 spiro atoms. The summed E-state index contributed by atoms with van der Waals surface area (Å²) in [7, 11) is 1.03. The van der Waals surface area contributed by atoms with Crippen molar-refractivity contribution in [1.29, 1.82) is 0 Å². The van der Waals surface area contributed by atoms with E-state index in [1.54, 1.807) is 28.6 Å². The third kappa shape index (κ3) is 3.32. The number of rotatable bonds is 4. The van der Waals surface area contributed by atoms with E-state index in [1.807, 2.05) is 0 Å². The molecule has 3 heteroatoms. The molecule has 0 amide bonds. The first-order chi connectivity index (χ1) is 17.0. The summed E-state index contributed by atoms with van der Waals surface area (Å²) >= 11 is 0. The number of allylic oxidation sites excluding steroid dienone is 1. The Bertz CT molecular complexity index is 1430. The molecule has 0 saturated carbocycles. The van der Waals surface area contributed by atoms with Crippen LogP contribution in [0.3, 0.4) is 0 Å². The van der Waals surface area contributed by atoms with Crippen molar-refractivity contribution in [3.8, 4) is 16.6 Å². The molecule has 4 atom stereocenters. The zero-order valence-corrected chi connectivity index (χ0v) is 23.0. The number of ether oxygens (including phenoxy) is 1. The van der Waals surface area contributed by atoms with Crippen LogP contribution in [0.4, 0.5) is 0 Å². The molecule has 2 aliphatic rings. The highest BCUT2D eigenvalue weighted by molar-refractivity contribution is 8.32. The molecule has 2 aliphatic heterocycles. The molecule has 0 radical (unpaired) electrons. The molecule has 0 fully saturated rings. The van der Waals surface area contributed by atoms with Gasteiger partial charge in [0.05, 0.1) is 7.11 Å². The third-order valence-corrected chi connectivity index (χ3v) is 16.7. The van der Waals surface area contributed by atoms with Gasteiger partial charge in [-0.05, 0) is 85.1 Å². The summed E-state index contributed by atoms with van der Waals surface area (Å²) in [5.41, 5.74) is 9.08. The molecular weight excluding hydrogens is 462 g/mol. The summed E-state index contributed by atoms with van der Waals surface area (Å²) in [6.07, 6.45) is 1.28. The third-order valence-electron chi connectivity index (χ3n) is 8.39. The molecule has 0 aliphatic carbocycles.